The van der Waals surface area contributed by atoms with E-state index in [0.717, 1.165) is 12.1 Å². The molecule has 0 fully saturated rings. The summed E-state index contributed by atoms with van der Waals surface area (Å²) in [5.41, 5.74) is 6.06. The van der Waals surface area contributed by atoms with E-state index in [-0.39, 0.29) is 21.2 Å². The first-order chi connectivity index (χ1) is 10.6. The molecule has 10 heteroatoms. The lowest BCUT2D eigenvalue weighted by Crippen LogP contribution is -2.13. The van der Waals surface area contributed by atoms with Gasteiger partial charge in [0.1, 0.15) is 5.75 Å². The Morgan fingerprint density at radius 1 is 1.00 bits per heavy atom. The summed E-state index contributed by atoms with van der Waals surface area (Å²) >= 11 is 0. The second-order valence-corrected chi connectivity index (χ2v) is 7.61. The monoisotopic (exact) mass is 358 g/mol. The lowest BCUT2D eigenvalue weighted by molar-refractivity contribution is 0.415. The molecule has 4 N–H and O–H groups in total. The van der Waals surface area contributed by atoms with Crippen LogP contribution in [-0.2, 0) is 20.1 Å². The topological polar surface area (TPSA) is 136 Å². The number of benzene rings is 2. The minimum atomic E-state index is -4.34. The molecule has 124 valence electrons. The second-order valence-electron chi connectivity index (χ2n) is 4.51. The minimum Gasteiger partial charge on any atom is -0.495 e. The number of nitrogen functional groups attached to an aromatic ring is 1. The fourth-order valence-electron chi connectivity index (χ4n) is 1.77. The maximum Gasteiger partial charge on any atom is 0.294 e. The molecule has 2 aromatic carbocycles. The molecule has 8 nitrogen and oxygen atoms in total. The van der Waals surface area contributed by atoms with Crippen LogP contribution in [-0.4, -0.2) is 28.5 Å². The average Bonchev–Trinajstić information content (AvgIpc) is 2.46. The van der Waals surface area contributed by atoms with Crippen molar-refractivity contribution in [2.45, 2.75) is 9.79 Å². The van der Waals surface area contributed by atoms with E-state index in [0.29, 0.717) is 5.69 Å². The average molecular weight is 358 g/mol. The van der Waals surface area contributed by atoms with Crippen LogP contribution in [0.25, 0.3) is 0 Å². The van der Waals surface area contributed by atoms with Crippen LogP contribution in [0.5, 0.6) is 5.75 Å². The third kappa shape index (κ3) is 3.92. The fraction of sp³-hybridized carbons (Fsp3) is 0.0769. The van der Waals surface area contributed by atoms with Crippen molar-refractivity contribution in [1.29, 1.82) is 0 Å². The largest absolute Gasteiger partial charge is 0.495 e. The van der Waals surface area contributed by atoms with E-state index in [1.807, 2.05) is 0 Å². The van der Waals surface area contributed by atoms with Gasteiger partial charge in [-0.3, -0.25) is 9.27 Å². The lowest BCUT2D eigenvalue weighted by atomic mass is 10.3. The number of ether oxygens (including phenoxy) is 1. The van der Waals surface area contributed by atoms with Gasteiger partial charge in [-0.1, -0.05) is 0 Å². The van der Waals surface area contributed by atoms with Gasteiger partial charge in [-0.25, -0.2) is 8.42 Å². The summed E-state index contributed by atoms with van der Waals surface area (Å²) in [4.78, 5) is -0.406. The highest BCUT2D eigenvalue weighted by molar-refractivity contribution is 7.92. The summed E-state index contributed by atoms with van der Waals surface area (Å²) in [5, 5.41) is 0. The molecule has 0 spiro atoms. The Bertz CT molecular complexity index is 921. The molecular formula is C13H14N2O6S2. The summed E-state index contributed by atoms with van der Waals surface area (Å²) in [6.45, 7) is 0. The highest BCUT2D eigenvalue weighted by Gasteiger charge is 2.17. The highest BCUT2D eigenvalue weighted by Crippen LogP contribution is 2.26. The lowest BCUT2D eigenvalue weighted by Gasteiger charge is -2.10. The number of anilines is 2. The van der Waals surface area contributed by atoms with Crippen molar-refractivity contribution < 1.29 is 26.1 Å². The zero-order valence-electron chi connectivity index (χ0n) is 11.9. The Hall–Kier alpha value is -2.30. The van der Waals surface area contributed by atoms with E-state index in [4.69, 9.17) is 15.0 Å². The maximum atomic E-state index is 12.3. The molecule has 0 saturated heterocycles. The van der Waals surface area contributed by atoms with Gasteiger partial charge >= 0.3 is 0 Å². The van der Waals surface area contributed by atoms with Crippen LogP contribution in [0.3, 0.4) is 0 Å². The van der Waals surface area contributed by atoms with Gasteiger partial charge in [0.05, 0.1) is 22.6 Å². The van der Waals surface area contributed by atoms with Crippen molar-refractivity contribution in [2.75, 3.05) is 17.6 Å². The van der Waals surface area contributed by atoms with Crippen LogP contribution in [0.15, 0.2) is 52.3 Å². The van der Waals surface area contributed by atoms with Crippen molar-refractivity contribution >= 4 is 31.5 Å². The van der Waals surface area contributed by atoms with Gasteiger partial charge in [-0.05, 0) is 36.4 Å². The first-order valence-corrected chi connectivity index (χ1v) is 9.10. The minimum absolute atomic E-state index is 0.0672. The van der Waals surface area contributed by atoms with Crippen LogP contribution in [0.4, 0.5) is 11.4 Å². The van der Waals surface area contributed by atoms with E-state index in [1.165, 1.54) is 37.4 Å². The Morgan fingerprint density at radius 3 is 2.09 bits per heavy atom. The number of nitrogens with one attached hydrogen (secondary N) is 1. The smallest absolute Gasteiger partial charge is 0.294 e. The van der Waals surface area contributed by atoms with Gasteiger partial charge in [-0.2, -0.15) is 8.42 Å². The number of sulfonamides is 1. The first-order valence-electron chi connectivity index (χ1n) is 6.17. The molecule has 0 amide bonds. The molecule has 0 aliphatic heterocycles. The van der Waals surface area contributed by atoms with Crippen molar-refractivity contribution in [2.24, 2.45) is 0 Å². The normalized spacial score (nSPS) is 11.9. The molecule has 0 saturated carbocycles. The number of hydrogen-bond acceptors (Lipinski definition) is 6. The fourth-order valence-corrected chi connectivity index (χ4v) is 3.32. The quantitative estimate of drug-likeness (QED) is 0.542. The van der Waals surface area contributed by atoms with Gasteiger partial charge in [0.15, 0.2) is 0 Å². The molecular weight excluding hydrogens is 344 g/mol. The zero-order valence-corrected chi connectivity index (χ0v) is 13.6. The third-order valence-electron chi connectivity index (χ3n) is 2.92. The molecule has 0 bridgehead atoms. The summed E-state index contributed by atoms with van der Waals surface area (Å²) < 4.78 is 62.6. The van der Waals surface area contributed by atoms with Crippen LogP contribution in [0, 0.1) is 0 Å². The van der Waals surface area contributed by atoms with E-state index in [1.54, 1.807) is 0 Å². The standard InChI is InChI=1S/C13H14N2O6S2/c1-21-13-8-11(6-7-12(13)14)22(16,17)15-9-2-4-10(5-3-9)23(18,19)20/h2-8,15H,14H2,1H3,(H,18,19,20). The van der Waals surface area contributed by atoms with E-state index in [9.17, 15) is 16.8 Å². The third-order valence-corrected chi connectivity index (χ3v) is 5.17. The molecule has 0 unspecified atom stereocenters. The Labute approximate surface area is 133 Å². The predicted octanol–water partition coefficient (Wildman–Crippen LogP) is 1.32. The molecule has 0 heterocycles. The summed E-state index contributed by atoms with van der Waals surface area (Å²) in [5.74, 6) is 0.217. The number of nitrogens with two attached hydrogens (primary N) is 1. The molecule has 2 aromatic rings. The first kappa shape index (κ1) is 17.1. The van der Waals surface area contributed by atoms with Crippen LogP contribution < -0.4 is 15.2 Å². The van der Waals surface area contributed by atoms with Crippen molar-refractivity contribution in [3.05, 3.63) is 42.5 Å². The van der Waals surface area contributed by atoms with Crippen LogP contribution in [0.2, 0.25) is 0 Å². The number of hydrogen-bond donors (Lipinski definition) is 3. The molecule has 2 rings (SSSR count). The summed E-state index contributed by atoms with van der Waals surface area (Å²) in [6.07, 6.45) is 0. The Kier molecular flexibility index (Phi) is 4.50. The second kappa shape index (κ2) is 6.07. The molecule has 0 atom stereocenters. The van der Waals surface area contributed by atoms with Crippen molar-refractivity contribution in [1.82, 2.24) is 0 Å². The predicted molar refractivity (Wildman–Crippen MR) is 84.5 cm³/mol. The molecule has 0 aromatic heterocycles. The van der Waals surface area contributed by atoms with Gasteiger partial charge < -0.3 is 10.5 Å². The number of methoxy groups -OCH3 is 1. The van der Waals surface area contributed by atoms with E-state index in [2.05, 4.69) is 4.72 Å². The maximum absolute atomic E-state index is 12.3. The highest BCUT2D eigenvalue weighted by atomic mass is 32.2. The zero-order chi connectivity index (χ0) is 17.3. The van der Waals surface area contributed by atoms with Crippen molar-refractivity contribution in [3.63, 3.8) is 0 Å². The molecule has 0 radical (unpaired) electrons. The Balaban J connectivity index is 2.31. The van der Waals surface area contributed by atoms with Gasteiger partial charge in [-0.15, -0.1) is 0 Å². The molecule has 0 aliphatic carbocycles. The summed E-state index contributed by atoms with van der Waals surface area (Å²) in [6, 6.07) is 8.57. The van der Waals surface area contributed by atoms with E-state index >= 15 is 0 Å². The molecule has 23 heavy (non-hydrogen) atoms. The van der Waals surface area contributed by atoms with Crippen LogP contribution >= 0.6 is 0 Å². The van der Waals surface area contributed by atoms with E-state index < -0.39 is 20.1 Å². The number of rotatable bonds is 5. The van der Waals surface area contributed by atoms with Crippen molar-refractivity contribution in [3.8, 4) is 5.75 Å². The van der Waals surface area contributed by atoms with Crippen LogP contribution in [0.1, 0.15) is 0 Å². The van der Waals surface area contributed by atoms with Gasteiger partial charge in [0.2, 0.25) is 0 Å². The molecule has 0 aliphatic rings. The van der Waals surface area contributed by atoms with Gasteiger partial charge in [0, 0.05) is 11.8 Å². The Morgan fingerprint density at radius 2 is 1.57 bits per heavy atom. The SMILES string of the molecule is COc1cc(S(=O)(=O)Nc2ccc(S(=O)(=O)O)cc2)ccc1N. The van der Waals surface area contributed by atoms with Gasteiger partial charge in [0.25, 0.3) is 20.1 Å². The summed E-state index contributed by atoms with van der Waals surface area (Å²) in [7, 11) is -6.88.